The minimum atomic E-state index is -0.201. The zero-order chi connectivity index (χ0) is 11.6. The summed E-state index contributed by atoms with van der Waals surface area (Å²) in [5.74, 6) is 1.22. The molecule has 84 valence electrons. The molecule has 0 saturated carbocycles. The fraction of sp³-hybridized carbons (Fsp3) is 0.538. The highest BCUT2D eigenvalue weighted by Crippen LogP contribution is 2.30. The number of hydrogen-bond donors (Lipinski definition) is 1. The van der Waals surface area contributed by atoms with Crippen molar-refractivity contribution < 1.29 is 9.84 Å². The summed E-state index contributed by atoms with van der Waals surface area (Å²) >= 11 is 0. The number of hydrogen-bond acceptors (Lipinski definition) is 2. The quantitative estimate of drug-likeness (QED) is 0.806. The van der Waals surface area contributed by atoms with Gasteiger partial charge >= 0.3 is 0 Å². The molecule has 0 atom stereocenters. The van der Waals surface area contributed by atoms with Crippen LogP contribution in [0.1, 0.15) is 38.8 Å². The first-order valence-corrected chi connectivity index (χ1v) is 5.35. The van der Waals surface area contributed by atoms with Crippen LogP contribution in [0.2, 0.25) is 0 Å². The van der Waals surface area contributed by atoms with Crippen LogP contribution in [0.15, 0.2) is 12.1 Å². The molecule has 0 fully saturated rings. The summed E-state index contributed by atoms with van der Waals surface area (Å²) in [5.41, 5.74) is 1.70. The van der Waals surface area contributed by atoms with E-state index in [1.807, 2.05) is 33.8 Å². The van der Waals surface area contributed by atoms with E-state index in [4.69, 9.17) is 4.74 Å². The van der Waals surface area contributed by atoms with Crippen LogP contribution in [0.3, 0.4) is 0 Å². The number of benzene rings is 1. The van der Waals surface area contributed by atoms with Crippen molar-refractivity contribution in [3.63, 3.8) is 0 Å². The molecule has 0 aliphatic rings. The van der Waals surface area contributed by atoms with E-state index < -0.39 is 0 Å². The Balaban J connectivity index is 3.11. The fourth-order valence-corrected chi connectivity index (χ4v) is 1.41. The van der Waals surface area contributed by atoms with Gasteiger partial charge in [-0.2, -0.15) is 0 Å². The lowest BCUT2D eigenvalue weighted by Gasteiger charge is -2.23. The van der Waals surface area contributed by atoms with Gasteiger partial charge in [-0.15, -0.1) is 0 Å². The molecular weight excluding hydrogens is 188 g/mol. The molecule has 1 aromatic rings. The Morgan fingerprint density at radius 1 is 1.27 bits per heavy atom. The van der Waals surface area contributed by atoms with Crippen molar-refractivity contribution in [3.05, 3.63) is 23.3 Å². The van der Waals surface area contributed by atoms with Crippen LogP contribution in [-0.4, -0.2) is 10.7 Å². The first-order valence-electron chi connectivity index (χ1n) is 5.35. The van der Waals surface area contributed by atoms with E-state index in [0.29, 0.717) is 5.75 Å². The van der Waals surface area contributed by atoms with Gasteiger partial charge in [0.2, 0.25) is 0 Å². The van der Waals surface area contributed by atoms with Crippen molar-refractivity contribution in [2.75, 3.05) is 0 Å². The molecule has 2 nitrogen and oxygen atoms in total. The highest BCUT2D eigenvalue weighted by molar-refractivity contribution is 5.45. The largest absolute Gasteiger partial charge is 0.508 e. The Bertz CT molecular complexity index is 348. The Morgan fingerprint density at radius 2 is 1.87 bits per heavy atom. The van der Waals surface area contributed by atoms with Gasteiger partial charge in [-0.1, -0.05) is 6.92 Å². The van der Waals surface area contributed by atoms with Crippen molar-refractivity contribution in [1.82, 2.24) is 0 Å². The maximum absolute atomic E-state index is 9.60. The first kappa shape index (κ1) is 11.9. The van der Waals surface area contributed by atoms with Gasteiger partial charge in [-0.25, -0.2) is 0 Å². The van der Waals surface area contributed by atoms with Gasteiger partial charge in [0.25, 0.3) is 0 Å². The second-order valence-electron chi connectivity index (χ2n) is 4.81. The molecule has 0 heterocycles. The molecule has 0 aromatic heterocycles. The van der Waals surface area contributed by atoms with Gasteiger partial charge < -0.3 is 9.84 Å². The van der Waals surface area contributed by atoms with E-state index >= 15 is 0 Å². The molecule has 1 rings (SSSR count). The molecule has 0 saturated heterocycles. The number of phenolic OH excluding ortho intramolecular Hbond substituents is 1. The van der Waals surface area contributed by atoms with Gasteiger partial charge in [0.05, 0.1) is 0 Å². The summed E-state index contributed by atoms with van der Waals surface area (Å²) in [6.07, 6.45) is 0.860. The van der Waals surface area contributed by atoms with Crippen LogP contribution >= 0.6 is 0 Å². The van der Waals surface area contributed by atoms with E-state index in [2.05, 4.69) is 6.92 Å². The number of aryl methyl sites for hydroxylation is 2. The maximum atomic E-state index is 9.60. The molecule has 0 aliphatic heterocycles. The van der Waals surface area contributed by atoms with Gasteiger partial charge in [0.15, 0.2) is 0 Å². The minimum Gasteiger partial charge on any atom is -0.508 e. The molecule has 15 heavy (non-hydrogen) atoms. The molecule has 0 unspecified atom stereocenters. The van der Waals surface area contributed by atoms with E-state index in [9.17, 15) is 5.11 Å². The summed E-state index contributed by atoms with van der Waals surface area (Å²) < 4.78 is 5.85. The number of phenols is 1. The molecule has 0 spiro atoms. The minimum absolute atomic E-state index is 0.201. The fourth-order valence-electron chi connectivity index (χ4n) is 1.41. The SMILES string of the molecule is CCc1cc(O)c(C)cc1OC(C)(C)C. The molecule has 1 N–H and O–H groups in total. The predicted molar refractivity (Wildman–Crippen MR) is 62.6 cm³/mol. The highest BCUT2D eigenvalue weighted by Gasteiger charge is 2.15. The maximum Gasteiger partial charge on any atom is 0.123 e. The summed E-state index contributed by atoms with van der Waals surface area (Å²) in [6, 6.07) is 3.69. The second-order valence-corrected chi connectivity index (χ2v) is 4.81. The summed E-state index contributed by atoms with van der Waals surface area (Å²) in [5, 5.41) is 9.60. The lowest BCUT2D eigenvalue weighted by atomic mass is 10.1. The van der Waals surface area contributed by atoms with Crippen LogP contribution in [0.4, 0.5) is 0 Å². The molecule has 0 amide bonds. The summed E-state index contributed by atoms with van der Waals surface area (Å²) in [7, 11) is 0. The monoisotopic (exact) mass is 208 g/mol. The van der Waals surface area contributed by atoms with E-state index in [1.54, 1.807) is 6.07 Å². The van der Waals surface area contributed by atoms with Crippen LogP contribution in [0, 0.1) is 6.92 Å². The molecule has 1 aromatic carbocycles. The average Bonchev–Trinajstić information content (AvgIpc) is 2.08. The standard InChI is InChI=1S/C13H20O2/c1-6-10-8-11(14)9(2)7-12(10)15-13(3,4)5/h7-8,14H,6H2,1-5H3. The summed E-state index contributed by atoms with van der Waals surface area (Å²) in [6.45, 7) is 10.0. The van der Waals surface area contributed by atoms with Gasteiger partial charge in [0, 0.05) is 0 Å². The lowest BCUT2D eigenvalue weighted by molar-refractivity contribution is 0.129. The van der Waals surface area contributed by atoms with E-state index in [0.717, 1.165) is 23.3 Å². The van der Waals surface area contributed by atoms with Crippen LogP contribution in [0.5, 0.6) is 11.5 Å². The van der Waals surface area contributed by atoms with Crippen LogP contribution in [0.25, 0.3) is 0 Å². The third kappa shape index (κ3) is 3.15. The summed E-state index contributed by atoms with van der Waals surface area (Å²) in [4.78, 5) is 0. The van der Waals surface area contributed by atoms with Crippen LogP contribution in [-0.2, 0) is 6.42 Å². The van der Waals surface area contributed by atoms with Crippen molar-refractivity contribution in [2.24, 2.45) is 0 Å². The smallest absolute Gasteiger partial charge is 0.123 e. The van der Waals surface area contributed by atoms with Crippen molar-refractivity contribution in [2.45, 2.75) is 46.6 Å². The lowest BCUT2D eigenvalue weighted by Crippen LogP contribution is -2.23. The third-order valence-electron chi connectivity index (χ3n) is 2.18. The van der Waals surface area contributed by atoms with E-state index in [-0.39, 0.29) is 5.60 Å². The topological polar surface area (TPSA) is 29.5 Å². The van der Waals surface area contributed by atoms with Crippen molar-refractivity contribution in [1.29, 1.82) is 0 Å². The molecular formula is C13H20O2. The predicted octanol–water partition coefficient (Wildman–Crippen LogP) is 3.44. The van der Waals surface area contributed by atoms with E-state index in [1.165, 1.54) is 0 Å². The molecule has 0 radical (unpaired) electrons. The molecule has 0 aliphatic carbocycles. The first-order chi connectivity index (χ1) is 6.83. The van der Waals surface area contributed by atoms with Gasteiger partial charge in [-0.05, 0) is 57.4 Å². The van der Waals surface area contributed by atoms with Crippen molar-refractivity contribution >= 4 is 0 Å². The molecule has 0 bridgehead atoms. The number of ether oxygens (including phenoxy) is 1. The Hall–Kier alpha value is -1.18. The Kier molecular flexibility index (Phi) is 3.28. The number of rotatable bonds is 2. The number of aromatic hydroxyl groups is 1. The normalized spacial score (nSPS) is 11.5. The zero-order valence-electron chi connectivity index (χ0n) is 10.2. The average molecular weight is 208 g/mol. The van der Waals surface area contributed by atoms with Crippen molar-refractivity contribution in [3.8, 4) is 11.5 Å². The third-order valence-corrected chi connectivity index (χ3v) is 2.18. The molecule has 2 heteroatoms. The van der Waals surface area contributed by atoms with Gasteiger partial charge in [0.1, 0.15) is 17.1 Å². The second kappa shape index (κ2) is 4.13. The van der Waals surface area contributed by atoms with Crippen LogP contribution < -0.4 is 4.74 Å². The Morgan fingerprint density at radius 3 is 2.33 bits per heavy atom. The Labute approximate surface area is 91.9 Å². The zero-order valence-corrected chi connectivity index (χ0v) is 10.2. The highest BCUT2D eigenvalue weighted by atomic mass is 16.5. The van der Waals surface area contributed by atoms with Gasteiger partial charge in [-0.3, -0.25) is 0 Å².